The Morgan fingerprint density at radius 2 is 0.595 bits per heavy atom. The smallest absolute Gasteiger partial charge is 0.126 e. The van der Waals surface area contributed by atoms with E-state index >= 15 is 0 Å². The van der Waals surface area contributed by atoms with Crippen molar-refractivity contribution in [3.63, 3.8) is 0 Å². The molecule has 0 spiro atoms. The van der Waals surface area contributed by atoms with E-state index < -0.39 is 0 Å². The molecule has 0 amide bonds. The van der Waals surface area contributed by atoms with Crippen LogP contribution in [-0.4, -0.2) is 11.8 Å². The Balaban J connectivity index is 0.0000000750. The fourth-order valence-corrected chi connectivity index (χ4v) is 10.9. The van der Waals surface area contributed by atoms with Crippen LogP contribution in [0.15, 0.2) is 0 Å². The molecule has 2 nitrogen and oxygen atoms in total. The maximum absolute atomic E-state index is 10.1. The molecule has 2 N–H and O–H groups in total. The second-order valence-electron chi connectivity index (χ2n) is 19.0. The van der Waals surface area contributed by atoms with Crippen LogP contribution in [0.2, 0.25) is 0 Å². The lowest BCUT2D eigenvalue weighted by Gasteiger charge is -2.60. The monoisotopic (exact) mass is 507 g/mol. The minimum atomic E-state index is 0.227. The molecule has 37 heavy (non-hydrogen) atoms. The second kappa shape index (κ2) is 8.10. The lowest BCUT2D eigenvalue weighted by molar-refractivity contribution is -0.147. The summed E-state index contributed by atoms with van der Waals surface area (Å²) >= 11 is 0. The molecule has 0 aromatic rings. The highest BCUT2D eigenvalue weighted by atomic mass is 16.1. The van der Waals surface area contributed by atoms with Crippen LogP contribution in [0.3, 0.4) is 0 Å². The van der Waals surface area contributed by atoms with Crippen molar-refractivity contribution >= 4 is 6.29 Å². The van der Waals surface area contributed by atoms with Crippen LogP contribution in [0.5, 0.6) is 0 Å². The average Bonchev–Trinajstić information content (AvgIpc) is 2.55. The van der Waals surface area contributed by atoms with Gasteiger partial charge in [-0.2, -0.15) is 0 Å². The summed E-state index contributed by atoms with van der Waals surface area (Å²) in [5.41, 5.74) is 9.74. The summed E-state index contributed by atoms with van der Waals surface area (Å²) in [6.07, 6.45) is 27.3. The van der Waals surface area contributed by atoms with Gasteiger partial charge in [0.2, 0.25) is 0 Å². The summed E-state index contributed by atoms with van der Waals surface area (Å²) in [6.45, 7) is 9.58. The lowest BCUT2D eigenvalue weighted by atomic mass is 9.45. The lowest BCUT2D eigenvalue weighted by Crippen LogP contribution is -2.64. The summed E-state index contributed by atoms with van der Waals surface area (Å²) < 4.78 is 0. The highest BCUT2D eigenvalue weighted by Gasteiger charge is 2.57. The van der Waals surface area contributed by atoms with E-state index in [1.807, 2.05) is 0 Å². The van der Waals surface area contributed by atoms with E-state index in [0.717, 1.165) is 39.8 Å². The summed E-state index contributed by atoms with van der Waals surface area (Å²) in [4.78, 5) is 10.1. The SMILES string of the molecule is CC12CC(C1)C2.CC12CC(C1)C2.CC12CC(C1)C2.CC12CC(C1)C2.NC12CC(C1)C2.O=CC12CC(C1)C2. The third-order valence-corrected chi connectivity index (χ3v) is 13.8. The normalized spacial score (nSPS) is 61.0. The molecule has 0 unspecified atom stereocenters. The Kier molecular flexibility index (Phi) is 5.60. The maximum atomic E-state index is 10.1. The van der Waals surface area contributed by atoms with Gasteiger partial charge in [0, 0.05) is 11.0 Å². The third kappa shape index (κ3) is 4.70. The molecular weight excluding hydrogens is 450 g/mol. The van der Waals surface area contributed by atoms with Crippen molar-refractivity contribution < 1.29 is 4.79 Å². The van der Waals surface area contributed by atoms with Gasteiger partial charge in [-0.3, -0.25) is 0 Å². The Hall–Kier alpha value is -0.370. The summed E-state index contributed by atoms with van der Waals surface area (Å²) in [7, 11) is 0. The molecule has 0 atom stereocenters. The van der Waals surface area contributed by atoms with E-state index in [0.29, 0.717) is 5.54 Å². The van der Waals surface area contributed by atoms with E-state index in [9.17, 15) is 4.79 Å². The number of hydrogen-bond donors (Lipinski definition) is 1. The van der Waals surface area contributed by atoms with E-state index in [-0.39, 0.29) is 5.41 Å². The highest BCUT2D eigenvalue weighted by Crippen LogP contribution is 2.66. The largest absolute Gasteiger partial charge is 0.325 e. The van der Waals surface area contributed by atoms with Gasteiger partial charge >= 0.3 is 0 Å². The zero-order valence-corrected chi connectivity index (χ0v) is 24.8. The Labute approximate surface area is 228 Å². The predicted octanol–water partition coefficient (Wildman–Crippen LogP) is 8.71. The number of nitrogens with two attached hydrogens (primary N) is 1. The van der Waals surface area contributed by atoms with Gasteiger partial charge < -0.3 is 10.5 Å². The first kappa shape index (κ1) is 25.6. The maximum Gasteiger partial charge on any atom is 0.126 e. The summed E-state index contributed by atoms with van der Waals surface area (Å²) in [5, 5.41) is 0. The zero-order valence-electron chi connectivity index (χ0n) is 24.8. The molecule has 0 aromatic carbocycles. The quantitative estimate of drug-likeness (QED) is 0.361. The van der Waals surface area contributed by atoms with E-state index in [4.69, 9.17) is 5.73 Å². The fraction of sp³-hybridized carbons (Fsp3) is 0.971. The van der Waals surface area contributed by atoms with Crippen molar-refractivity contribution in [3.8, 4) is 0 Å². The van der Waals surface area contributed by atoms with Crippen molar-refractivity contribution in [1.82, 2.24) is 0 Å². The van der Waals surface area contributed by atoms with Crippen LogP contribution < -0.4 is 5.73 Å². The van der Waals surface area contributed by atoms with Crippen LogP contribution in [0.1, 0.15) is 143 Å². The standard InChI is InChI=1S/C6H8O.4C6H10.C5H9N/c7-4-6-1-5(2-6)3-6;4*1-6-2-5(3-6)4-6;6-5-1-4(2-5)3-5/h4-5H,1-3H2;4*5H,2-4H2,1H3;4H,1-3,6H2. The van der Waals surface area contributed by atoms with E-state index in [1.165, 1.54) is 62.2 Å². The van der Waals surface area contributed by atoms with Gasteiger partial charge in [0.25, 0.3) is 0 Å². The van der Waals surface area contributed by atoms with Crippen LogP contribution in [0.25, 0.3) is 0 Å². The van der Waals surface area contributed by atoms with E-state index in [1.54, 1.807) is 77.0 Å². The molecule has 18 saturated carbocycles. The Morgan fingerprint density at radius 1 is 0.432 bits per heavy atom. The third-order valence-electron chi connectivity index (χ3n) is 13.8. The van der Waals surface area contributed by atoms with Gasteiger partial charge in [-0.1, -0.05) is 27.7 Å². The second-order valence-corrected chi connectivity index (χ2v) is 19.0. The van der Waals surface area contributed by atoms with Crippen molar-refractivity contribution in [3.05, 3.63) is 0 Å². The molecule has 0 heterocycles. The number of aldehydes is 1. The predicted molar refractivity (Wildman–Crippen MR) is 152 cm³/mol. The van der Waals surface area contributed by atoms with Gasteiger partial charge in [0.05, 0.1) is 0 Å². The van der Waals surface area contributed by atoms with Crippen LogP contribution >= 0.6 is 0 Å². The first-order valence-electron chi connectivity index (χ1n) is 16.5. The van der Waals surface area contributed by atoms with Gasteiger partial charge in [-0.15, -0.1) is 0 Å². The molecule has 18 rings (SSSR count). The molecule has 0 radical (unpaired) electrons. The molecule has 0 saturated heterocycles. The van der Waals surface area contributed by atoms with Crippen LogP contribution in [0.4, 0.5) is 0 Å². The number of carbonyl (C=O) groups is 1. The van der Waals surface area contributed by atoms with Gasteiger partial charge in [-0.05, 0) is 173 Å². The van der Waals surface area contributed by atoms with Gasteiger partial charge in [-0.25, -0.2) is 0 Å². The van der Waals surface area contributed by atoms with Crippen molar-refractivity contribution in [2.45, 2.75) is 149 Å². The molecular formula is C35H57NO. The molecule has 18 aliphatic carbocycles. The van der Waals surface area contributed by atoms with Gasteiger partial charge in [0.1, 0.15) is 6.29 Å². The molecule has 18 fully saturated rings. The van der Waals surface area contributed by atoms with Crippen molar-refractivity contribution in [1.29, 1.82) is 0 Å². The molecule has 0 aromatic heterocycles. The minimum absolute atomic E-state index is 0.227. The average molecular weight is 508 g/mol. The summed E-state index contributed by atoms with van der Waals surface area (Å²) in [6, 6.07) is 0. The van der Waals surface area contributed by atoms with Crippen LogP contribution in [0, 0.1) is 62.6 Å². The first-order chi connectivity index (χ1) is 17.3. The fourth-order valence-electron chi connectivity index (χ4n) is 10.9. The first-order valence-corrected chi connectivity index (χ1v) is 16.5. The Morgan fingerprint density at radius 3 is 0.595 bits per heavy atom. The molecule has 2 heteroatoms. The zero-order chi connectivity index (χ0) is 25.9. The molecule has 18 aliphatic rings. The molecule has 12 bridgehead atoms. The topological polar surface area (TPSA) is 43.1 Å². The number of rotatable bonds is 1. The van der Waals surface area contributed by atoms with Gasteiger partial charge in [0.15, 0.2) is 0 Å². The van der Waals surface area contributed by atoms with Crippen molar-refractivity contribution in [2.24, 2.45) is 68.3 Å². The number of hydrogen-bond acceptors (Lipinski definition) is 2. The van der Waals surface area contributed by atoms with E-state index in [2.05, 4.69) is 27.7 Å². The van der Waals surface area contributed by atoms with Crippen molar-refractivity contribution in [2.75, 3.05) is 0 Å². The van der Waals surface area contributed by atoms with Crippen LogP contribution in [-0.2, 0) is 4.79 Å². The highest BCUT2D eigenvalue weighted by molar-refractivity contribution is 5.64. The molecule has 208 valence electrons. The minimum Gasteiger partial charge on any atom is -0.325 e. The molecule has 0 aliphatic heterocycles. The number of carbonyl (C=O) groups excluding carboxylic acids is 1. The summed E-state index contributed by atoms with van der Waals surface area (Å²) in [5.74, 6) is 6.70. The Bertz CT molecular complexity index is 692.